The zero-order chi connectivity index (χ0) is 35.1. The van der Waals surface area contributed by atoms with Crippen LogP contribution in [0, 0.1) is 13.0 Å². The van der Waals surface area contributed by atoms with E-state index in [0.717, 1.165) is 50.4 Å². The first kappa shape index (κ1) is 45.5. The third-order valence-electron chi connectivity index (χ3n) is 8.52. The van der Waals surface area contributed by atoms with Crippen molar-refractivity contribution in [2.75, 3.05) is 11.9 Å². The molecule has 2 aliphatic heterocycles. The Morgan fingerprint density at radius 3 is 1.91 bits per heavy atom. The standard InChI is InChI=1S/C18H25NO2.C11H12N.C6H11BrO2.K.O3S/c1-13-9-10-16-15(12-13)18(3,4)14(2)19(16)11-7-5-6-8-17(20)21;1-8-11(2,3)9-6-4-5-7-10(9)12-8;7-5-3-1-2-4-6(8)9;;1-4(2)3/h9-10,12H,5-8,11H2,1-4H3;5-7H,1-3H3;1-5H2,(H,8,9);;/q;-1;;+1;/p+2. The number of carbonyl (C=O) groups is 2. The number of unbranched alkanes of at least 4 members (excludes halogenated alkanes) is 4. The SMILES string of the molecule is CC1=[N+](CCCCCC(=O)O)c2ccc(C)cc2C1(C)C.CC1=[NH+]c2cc[c-]cc2C1(C)C.O=C(O)CCCCCBr.O=S(=O)=O.[K+]. The molecule has 0 aliphatic carbocycles. The molecule has 3 N–H and O–H groups in total. The summed E-state index contributed by atoms with van der Waals surface area (Å²) in [6.45, 7) is 16.5. The maximum Gasteiger partial charge on any atom is 1.00 e. The molecule has 4 rings (SSSR count). The van der Waals surface area contributed by atoms with Gasteiger partial charge in [0, 0.05) is 55.5 Å². The summed E-state index contributed by atoms with van der Waals surface area (Å²) in [7, 11) is -3.11. The summed E-state index contributed by atoms with van der Waals surface area (Å²) in [5.74, 6) is -1.38. The van der Waals surface area contributed by atoms with Crippen LogP contribution in [0.1, 0.15) is 110 Å². The number of carboxylic acid groups (broad SMARTS) is 2. The van der Waals surface area contributed by atoms with E-state index in [0.29, 0.717) is 6.42 Å². The van der Waals surface area contributed by atoms with E-state index in [1.54, 1.807) is 0 Å². The average Bonchev–Trinajstić information content (AvgIpc) is 3.31. The molecule has 2 aromatic rings. The largest absolute Gasteiger partial charge is 1.00 e. The summed E-state index contributed by atoms with van der Waals surface area (Å²) < 4.78 is 27.7. The topological polar surface area (TPSA) is 143 Å². The summed E-state index contributed by atoms with van der Waals surface area (Å²) in [6, 6.07) is 15.9. The molecule has 0 unspecified atom stereocenters. The molecule has 0 spiro atoms. The number of nitrogens with one attached hydrogen (secondary N) is 1. The quantitative estimate of drug-likeness (QED) is 0.105. The van der Waals surface area contributed by atoms with Crippen molar-refractivity contribution in [2.45, 2.75) is 111 Å². The second-order valence-electron chi connectivity index (χ2n) is 12.5. The van der Waals surface area contributed by atoms with Gasteiger partial charge in [-0.25, -0.2) is 4.99 Å². The monoisotopic (exact) mass is 760 g/mol. The van der Waals surface area contributed by atoms with Crippen molar-refractivity contribution in [3.63, 3.8) is 0 Å². The number of hydrogen-bond donors (Lipinski definition) is 3. The van der Waals surface area contributed by atoms with Crippen molar-refractivity contribution in [1.82, 2.24) is 0 Å². The summed E-state index contributed by atoms with van der Waals surface area (Å²) in [5, 5.41) is 17.9. The molecule has 0 saturated heterocycles. The number of hydrogen-bond acceptors (Lipinski definition) is 5. The molecule has 9 nitrogen and oxygen atoms in total. The number of alkyl halides is 1. The molecule has 47 heavy (non-hydrogen) atoms. The molecule has 2 heterocycles. The predicted octanol–water partition coefficient (Wildman–Crippen LogP) is 3.01. The normalized spacial score (nSPS) is 14.3. The van der Waals surface area contributed by atoms with E-state index in [1.807, 2.05) is 6.07 Å². The molecular weight excluding hydrogens is 711 g/mol. The number of benzene rings is 2. The van der Waals surface area contributed by atoms with Crippen molar-refractivity contribution in [3.05, 3.63) is 59.2 Å². The molecule has 0 bridgehead atoms. The molecular formula is C35H50BrKN2O7S+2. The molecule has 254 valence electrons. The molecule has 0 atom stereocenters. The molecule has 2 aliphatic rings. The second-order valence-corrected chi connectivity index (χ2v) is 13.7. The Hall–Kier alpha value is -1.54. The van der Waals surface area contributed by atoms with E-state index in [9.17, 15) is 9.59 Å². The van der Waals surface area contributed by atoms with Crippen molar-refractivity contribution < 1.29 is 93.4 Å². The first-order valence-electron chi connectivity index (χ1n) is 15.6. The van der Waals surface area contributed by atoms with Gasteiger partial charge < -0.3 is 10.2 Å². The van der Waals surface area contributed by atoms with E-state index < -0.39 is 22.5 Å². The van der Waals surface area contributed by atoms with Gasteiger partial charge in [0.25, 0.3) is 0 Å². The zero-order valence-corrected chi connectivity index (χ0v) is 34.7. The zero-order valence-electron chi connectivity index (χ0n) is 29.2. The Labute approximate surface area is 333 Å². The summed E-state index contributed by atoms with van der Waals surface area (Å²) >= 11 is 3.27. The molecule has 0 radical (unpaired) electrons. The summed E-state index contributed by atoms with van der Waals surface area (Å²) in [6.07, 6.45) is 6.26. The van der Waals surface area contributed by atoms with Crippen LogP contribution in [0.15, 0.2) is 36.4 Å². The fraction of sp³-hybridized carbons (Fsp3) is 0.543. The number of fused-ring (bicyclic) bond motifs is 2. The number of halogens is 1. The van der Waals surface area contributed by atoms with Gasteiger partial charge in [0.1, 0.15) is 17.9 Å². The van der Waals surface area contributed by atoms with Gasteiger partial charge in [0.15, 0.2) is 5.71 Å². The number of carboxylic acids is 2. The molecule has 0 fully saturated rings. The third kappa shape index (κ3) is 15.3. The molecule has 0 saturated carbocycles. The fourth-order valence-electron chi connectivity index (χ4n) is 5.27. The van der Waals surface area contributed by atoms with Gasteiger partial charge in [0.05, 0.1) is 5.41 Å². The molecule has 12 heteroatoms. The fourth-order valence-corrected chi connectivity index (χ4v) is 5.67. The molecule has 0 aromatic heterocycles. The minimum Gasteiger partial charge on any atom is -0.481 e. The van der Waals surface area contributed by atoms with E-state index in [4.69, 9.17) is 22.8 Å². The number of nitrogens with zero attached hydrogens (tertiary/aromatic N) is 1. The Balaban J connectivity index is 0.000000689. The van der Waals surface area contributed by atoms with Crippen molar-refractivity contribution >= 4 is 61.3 Å². The van der Waals surface area contributed by atoms with Crippen LogP contribution >= 0.6 is 15.9 Å². The van der Waals surface area contributed by atoms with Gasteiger partial charge >= 0.3 is 73.9 Å². The third-order valence-corrected chi connectivity index (χ3v) is 9.08. The van der Waals surface area contributed by atoms with E-state index in [2.05, 4.69) is 110 Å². The Bertz CT molecular complexity index is 1510. The number of aliphatic carboxylic acids is 2. The van der Waals surface area contributed by atoms with Gasteiger partial charge in [-0.2, -0.15) is 22.8 Å². The van der Waals surface area contributed by atoms with Crippen LogP contribution in [-0.2, 0) is 31.0 Å². The van der Waals surface area contributed by atoms with E-state index in [-0.39, 0.29) is 68.6 Å². The van der Waals surface area contributed by atoms with Crippen LogP contribution in [0.3, 0.4) is 0 Å². The van der Waals surface area contributed by atoms with Gasteiger partial charge in [-0.1, -0.05) is 53.4 Å². The molecule has 0 amide bonds. The maximum atomic E-state index is 10.5. The van der Waals surface area contributed by atoms with Crippen LogP contribution < -0.4 is 56.4 Å². The number of rotatable bonds is 11. The van der Waals surface area contributed by atoms with Crippen LogP contribution in [0.4, 0.5) is 11.4 Å². The predicted molar refractivity (Wildman–Crippen MR) is 185 cm³/mol. The van der Waals surface area contributed by atoms with Crippen molar-refractivity contribution in [2.24, 2.45) is 0 Å². The smallest absolute Gasteiger partial charge is 0.481 e. The van der Waals surface area contributed by atoms with E-state index >= 15 is 0 Å². The Morgan fingerprint density at radius 2 is 1.40 bits per heavy atom. The maximum absolute atomic E-state index is 10.5. The van der Waals surface area contributed by atoms with Crippen LogP contribution in [0.25, 0.3) is 0 Å². The first-order valence-corrected chi connectivity index (χ1v) is 17.7. The van der Waals surface area contributed by atoms with Gasteiger partial charge in [-0.3, -0.25) is 9.59 Å². The Kier molecular flexibility index (Phi) is 21.5. The second kappa shape index (κ2) is 22.2. The average molecular weight is 762 g/mol. The van der Waals surface area contributed by atoms with Gasteiger partial charge in [-0.15, -0.1) is 18.7 Å². The van der Waals surface area contributed by atoms with Gasteiger partial charge in [0.2, 0.25) is 5.69 Å². The van der Waals surface area contributed by atoms with Crippen LogP contribution in [0.5, 0.6) is 0 Å². The van der Waals surface area contributed by atoms with Gasteiger partial charge in [-0.05, 0) is 52.5 Å². The van der Waals surface area contributed by atoms with Crippen LogP contribution in [0.2, 0.25) is 0 Å². The van der Waals surface area contributed by atoms with Crippen molar-refractivity contribution in [3.8, 4) is 0 Å². The van der Waals surface area contributed by atoms with Crippen LogP contribution in [-0.4, -0.2) is 62.7 Å². The minimum atomic E-state index is -3.11. The minimum absolute atomic E-state index is 0. The molecule has 2 aromatic carbocycles. The number of aryl methyl sites for hydroxylation is 1. The first-order chi connectivity index (χ1) is 21.5. The Morgan fingerprint density at radius 1 is 0.851 bits per heavy atom. The summed E-state index contributed by atoms with van der Waals surface area (Å²) in [5.41, 5.74) is 9.57. The van der Waals surface area contributed by atoms with Crippen molar-refractivity contribution in [1.29, 1.82) is 0 Å². The summed E-state index contributed by atoms with van der Waals surface area (Å²) in [4.78, 5) is 23.9. The van der Waals surface area contributed by atoms with E-state index in [1.165, 1.54) is 39.5 Å².